The SMILES string of the molecule is C1=C2CC3C4C=C2C12CC4C3C2. The highest BCUT2D eigenvalue weighted by atomic mass is 14.7. The second-order valence-corrected chi connectivity index (χ2v) is 5.59. The van der Waals surface area contributed by atoms with Crippen LogP contribution < -0.4 is 0 Å². The van der Waals surface area contributed by atoms with E-state index >= 15 is 0 Å². The van der Waals surface area contributed by atoms with Crippen molar-refractivity contribution in [2.24, 2.45) is 29.1 Å². The van der Waals surface area contributed by atoms with E-state index < -0.39 is 0 Å². The number of fused-ring (bicyclic) bond motifs is 1. The molecule has 2 saturated carbocycles. The van der Waals surface area contributed by atoms with E-state index in [1.54, 1.807) is 11.1 Å². The Labute approximate surface area is 72.3 Å². The Morgan fingerprint density at radius 1 is 1.17 bits per heavy atom. The third kappa shape index (κ3) is 0.290. The number of rotatable bonds is 0. The summed E-state index contributed by atoms with van der Waals surface area (Å²) in [6, 6.07) is 0. The van der Waals surface area contributed by atoms with Crippen molar-refractivity contribution in [3.8, 4) is 0 Å². The van der Waals surface area contributed by atoms with Crippen LogP contribution in [0.1, 0.15) is 19.3 Å². The van der Waals surface area contributed by atoms with Crippen molar-refractivity contribution < 1.29 is 0 Å². The lowest BCUT2D eigenvalue weighted by Crippen LogP contribution is -2.47. The minimum absolute atomic E-state index is 0.659. The normalized spacial score (nSPS) is 66.7. The lowest BCUT2D eigenvalue weighted by molar-refractivity contribution is 0.0288. The summed E-state index contributed by atoms with van der Waals surface area (Å²) in [6.07, 6.45) is 9.81. The predicted octanol–water partition coefficient (Wildman–Crippen LogP) is 2.53. The van der Waals surface area contributed by atoms with E-state index in [1.807, 2.05) is 0 Å². The van der Waals surface area contributed by atoms with Gasteiger partial charge in [0.15, 0.2) is 0 Å². The molecule has 12 heavy (non-hydrogen) atoms. The molecule has 0 heterocycles. The molecule has 0 aliphatic heterocycles. The maximum Gasteiger partial charge on any atom is 0.0143 e. The van der Waals surface area contributed by atoms with Gasteiger partial charge in [-0.05, 0) is 54.1 Å². The van der Waals surface area contributed by atoms with Crippen LogP contribution in [0.25, 0.3) is 0 Å². The van der Waals surface area contributed by atoms with Crippen LogP contribution in [-0.2, 0) is 0 Å². The van der Waals surface area contributed by atoms with E-state index in [0.29, 0.717) is 5.41 Å². The smallest absolute Gasteiger partial charge is 0.0143 e. The molecule has 0 aromatic rings. The molecule has 5 rings (SSSR count). The van der Waals surface area contributed by atoms with Gasteiger partial charge in [-0.1, -0.05) is 12.2 Å². The molecule has 0 radical (unpaired) electrons. The van der Waals surface area contributed by atoms with Gasteiger partial charge in [0.1, 0.15) is 0 Å². The quantitative estimate of drug-likeness (QED) is 0.505. The average Bonchev–Trinajstić information content (AvgIpc) is 2.05. The molecule has 0 N–H and O–H groups in total. The van der Waals surface area contributed by atoms with Crippen LogP contribution in [0, 0.1) is 29.1 Å². The van der Waals surface area contributed by atoms with E-state index in [1.165, 1.54) is 19.3 Å². The largest absolute Gasteiger partial charge is 0.0765 e. The molecule has 5 aliphatic rings. The van der Waals surface area contributed by atoms with Gasteiger partial charge in [-0.2, -0.15) is 0 Å². The molecule has 5 unspecified atom stereocenters. The van der Waals surface area contributed by atoms with Crippen molar-refractivity contribution in [2.45, 2.75) is 19.3 Å². The molecule has 60 valence electrons. The number of allylic oxidation sites excluding steroid dienone is 4. The number of hydrogen-bond donors (Lipinski definition) is 0. The van der Waals surface area contributed by atoms with Crippen LogP contribution in [0.3, 0.4) is 0 Å². The van der Waals surface area contributed by atoms with Gasteiger partial charge in [-0.15, -0.1) is 0 Å². The van der Waals surface area contributed by atoms with E-state index in [0.717, 1.165) is 23.7 Å². The van der Waals surface area contributed by atoms with Gasteiger partial charge in [0.25, 0.3) is 0 Å². The average molecular weight is 156 g/mol. The van der Waals surface area contributed by atoms with Crippen LogP contribution in [0.15, 0.2) is 23.3 Å². The van der Waals surface area contributed by atoms with Gasteiger partial charge < -0.3 is 0 Å². The second kappa shape index (κ2) is 1.16. The standard InChI is InChI=1S/C12H12/c1-6-3-12-4-9-7(1)8(2-11(6)12)10(9)5-12/h2-3,7-10H,1,4-5H2. The van der Waals surface area contributed by atoms with Crippen LogP contribution in [0.5, 0.6) is 0 Å². The third-order valence-corrected chi connectivity index (χ3v) is 5.44. The van der Waals surface area contributed by atoms with Crippen molar-refractivity contribution in [1.82, 2.24) is 0 Å². The van der Waals surface area contributed by atoms with Crippen LogP contribution in [-0.4, -0.2) is 0 Å². The summed E-state index contributed by atoms with van der Waals surface area (Å²) >= 11 is 0. The van der Waals surface area contributed by atoms with Crippen molar-refractivity contribution in [3.63, 3.8) is 0 Å². The summed E-state index contributed by atoms with van der Waals surface area (Å²) in [7, 11) is 0. The van der Waals surface area contributed by atoms with Gasteiger partial charge in [0.2, 0.25) is 0 Å². The fourth-order valence-electron chi connectivity index (χ4n) is 5.07. The Morgan fingerprint density at radius 2 is 2.08 bits per heavy atom. The third-order valence-electron chi connectivity index (χ3n) is 5.44. The lowest BCUT2D eigenvalue weighted by atomic mass is 9.49. The lowest BCUT2D eigenvalue weighted by Gasteiger charge is -2.56. The zero-order valence-corrected chi connectivity index (χ0v) is 7.09. The minimum atomic E-state index is 0.659. The Kier molecular flexibility index (Phi) is 0.509. The Morgan fingerprint density at radius 3 is 3.08 bits per heavy atom. The van der Waals surface area contributed by atoms with Gasteiger partial charge in [0, 0.05) is 5.41 Å². The highest BCUT2D eigenvalue weighted by Gasteiger charge is 2.68. The van der Waals surface area contributed by atoms with Gasteiger partial charge in [-0.3, -0.25) is 0 Å². The highest BCUT2D eigenvalue weighted by molar-refractivity contribution is 5.59. The first-order chi connectivity index (χ1) is 5.87. The molecule has 1 spiro atoms. The van der Waals surface area contributed by atoms with E-state index in [2.05, 4.69) is 12.2 Å². The van der Waals surface area contributed by atoms with E-state index in [9.17, 15) is 0 Å². The molecule has 4 bridgehead atoms. The second-order valence-electron chi connectivity index (χ2n) is 5.59. The molecule has 0 nitrogen and oxygen atoms in total. The van der Waals surface area contributed by atoms with E-state index in [4.69, 9.17) is 0 Å². The molecule has 5 aliphatic carbocycles. The summed E-state index contributed by atoms with van der Waals surface area (Å²) in [5, 5.41) is 0. The summed E-state index contributed by atoms with van der Waals surface area (Å²) in [6.45, 7) is 0. The molecule has 0 saturated heterocycles. The Balaban J connectivity index is 1.97. The minimum Gasteiger partial charge on any atom is -0.0765 e. The fraction of sp³-hybridized carbons (Fsp3) is 0.667. The molecule has 0 aromatic carbocycles. The zero-order valence-electron chi connectivity index (χ0n) is 7.09. The zero-order chi connectivity index (χ0) is 7.50. The maximum atomic E-state index is 2.65. The van der Waals surface area contributed by atoms with Crippen LogP contribution in [0.4, 0.5) is 0 Å². The monoisotopic (exact) mass is 156 g/mol. The molecule has 0 heteroatoms. The molecule has 2 fully saturated rings. The first-order valence-corrected chi connectivity index (χ1v) is 5.32. The summed E-state index contributed by atoms with van der Waals surface area (Å²) in [5.41, 5.74) is 4.21. The van der Waals surface area contributed by atoms with Crippen molar-refractivity contribution >= 4 is 0 Å². The van der Waals surface area contributed by atoms with Crippen LogP contribution in [0.2, 0.25) is 0 Å². The topological polar surface area (TPSA) is 0 Å². The maximum absolute atomic E-state index is 2.65. The predicted molar refractivity (Wildman–Crippen MR) is 46.4 cm³/mol. The van der Waals surface area contributed by atoms with Crippen molar-refractivity contribution in [1.29, 1.82) is 0 Å². The van der Waals surface area contributed by atoms with Crippen LogP contribution >= 0.6 is 0 Å². The van der Waals surface area contributed by atoms with Gasteiger partial charge in [0.05, 0.1) is 0 Å². The highest BCUT2D eigenvalue weighted by Crippen LogP contribution is 2.77. The molecule has 0 aromatic heterocycles. The number of hydrogen-bond acceptors (Lipinski definition) is 0. The first kappa shape index (κ1) is 5.26. The molecular formula is C12H12. The van der Waals surface area contributed by atoms with Gasteiger partial charge in [-0.25, -0.2) is 0 Å². The summed E-state index contributed by atoms with van der Waals surface area (Å²) in [4.78, 5) is 0. The molecule has 5 atom stereocenters. The summed E-state index contributed by atoms with van der Waals surface area (Å²) in [5.74, 6) is 4.40. The van der Waals surface area contributed by atoms with Crippen molar-refractivity contribution in [3.05, 3.63) is 23.3 Å². The summed E-state index contributed by atoms with van der Waals surface area (Å²) < 4.78 is 0. The van der Waals surface area contributed by atoms with E-state index in [-0.39, 0.29) is 0 Å². The van der Waals surface area contributed by atoms with Crippen molar-refractivity contribution in [2.75, 3.05) is 0 Å². The Bertz CT molecular complexity index is 373. The molecule has 0 amide bonds. The van der Waals surface area contributed by atoms with Gasteiger partial charge >= 0.3 is 0 Å². The fourth-order valence-corrected chi connectivity index (χ4v) is 5.07. The first-order valence-electron chi connectivity index (χ1n) is 5.32. The molecular weight excluding hydrogens is 144 g/mol. The Hall–Kier alpha value is -0.520.